The first kappa shape index (κ1) is 13.2. The van der Waals surface area contributed by atoms with Crippen LogP contribution < -0.4 is 5.32 Å². The molecule has 2 nitrogen and oxygen atoms in total. The van der Waals surface area contributed by atoms with Crippen molar-refractivity contribution in [1.29, 1.82) is 0 Å². The van der Waals surface area contributed by atoms with Crippen molar-refractivity contribution in [3.8, 4) is 0 Å². The monoisotopic (exact) mass is 260 g/mol. The van der Waals surface area contributed by atoms with Gasteiger partial charge in [0.15, 0.2) is 0 Å². The number of aryl methyl sites for hydroxylation is 1. The van der Waals surface area contributed by atoms with Gasteiger partial charge in [-0.25, -0.2) is 0 Å². The standard InChI is InChI=1S/C15H20N2S/c1-3-6-17-15(9-14-5-4-7-18-14)13-8-12(2)10-16-11-13/h4-5,7-8,10-11,15,17H,3,6,9H2,1-2H3. The Balaban J connectivity index is 2.13. The van der Waals surface area contributed by atoms with Crippen molar-refractivity contribution in [2.75, 3.05) is 6.54 Å². The molecule has 0 spiro atoms. The zero-order valence-electron chi connectivity index (χ0n) is 11.0. The minimum absolute atomic E-state index is 0.371. The molecule has 1 atom stereocenters. The summed E-state index contributed by atoms with van der Waals surface area (Å²) >= 11 is 1.82. The van der Waals surface area contributed by atoms with Crippen molar-refractivity contribution in [3.05, 3.63) is 52.0 Å². The van der Waals surface area contributed by atoms with Crippen LogP contribution in [-0.2, 0) is 6.42 Å². The van der Waals surface area contributed by atoms with Gasteiger partial charge in [-0.1, -0.05) is 19.1 Å². The molecule has 0 fully saturated rings. The molecule has 0 radical (unpaired) electrons. The zero-order chi connectivity index (χ0) is 12.8. The van der Waals surface area contributed by atoms with Crippen LogP contribution in [0, 0.1) is 6.92 Å². The molecule has 0 saturated carbocycles. The molecule has 0 bridgehead atoms. The summed E-state index contributed by atoms with van der Waals surface area (Å²) in [4.78, 5) is 5.73. The fraction of sp³-hybridized carbons (Fsp3) is 0.400. The summed E-state index contributed by atoms with van der Waals surface area (Å²) < 4.78 is 0. The lowest BCUT2D eigenvalue weighted by atomic mass is 10.0. The molecular weight excluding hydrogens is 240 g/mol. The largest absolute Gasteiger partial charge is 0.310 e. The number of thiophene rings is 1. The fourth-order valence-corrected chi connectivity index (χ4v) is 2.78. The summed E-state index contributed by atoms with van der Waals surface area (Å²) in [5.74, 6) is 0. The lowest BCUT2D eigenvalue weighted by Gasteiger charge is -2.18. The average Bonchev–Trinajstić information content (AvgIpc) is 2.87. The predicted molar refractivity (Wildman–Crippen MR) is 78.0 cm³/mol. The fourth-order valence-electron chi connectivity index (χ4n) is 2.03. The van der Waals surface area contributed by atoms with E-state index in [1.54, 1.807) is 0 Å². The third kappa shape index (κ3) is 3.65. The van der Waals surface area contributed by atoms with Crippen LogP contribution in [0.5, 0.6) is 0 Å². The SMILES string of the molecule is CCCNC(Cc1cccs1)c1cncc(C)c1. The van der Waals surface area contributed by atoms with Crippen molar-refractivity contribution >= 4 is 11.3 Å². The quantitative estimate of drug-likeness (QED) is 0.856. The van der Waals surface area contributed by atoms with Gasteiger partial charge in [0.25, 0.3) is 0 Å². The van der Waals surface area contributed by atoms with Gasteiger partial charge in [0.2, 0.25) is 0 Å². The van der Waals surface area contributed by atoms with E-state index < -0.39 is 0 Å². The highest BCUT2D eigenvalue weighted by Crippen LogP contribution is 2.21. The number of pyridine rings is 1. The molecule has 2 aromatic heterocycles. The van der Waals surface area contributed by atoms with Gasteiger partial charge < -0.3 is 5.32 Å². The van der Waals surface area contributed by atoms with Crippen molar-refractivity contribution in [2.24, 2.45) is 0 Å². The maximum atomic E-state index is 4.31. The Bertz CT molecular complexity index is 465. The number of hydrogen-bond acceptors (Lipinski definition) is 3. The lowest BCUT2D eigenvalue weighted by Crippen LogP contribution is -2.24. The van der Waals surface area contributed by atoms with Crippen molar-refractivity contribution in [3.63, 3.8) is 0 Å². The van der Waals surface area contributed by atoms with E-state index in [0.29, 0.717) is 6.04 Å². The van der Waals surface area contributed by atoms with E-state index in [2.05, 4.69) is 47.7 Å². The van der Waals surface area contributed by atoms with Crippen LogP contribution in [0.25, 0.3) is 0 Å². The molecule has 96 valence electrons. The second-order valence-corrected chi connectivity index (χ2v) is 5.62. The van der Waals surface area contributed by atoms with Crippen LogP contribution >= 0.6 is 11.3 Å². The Morgan fingerprint density at radius 2 is 2.28 bits per heavy atom. The Morgan fingerprint density at radius 3 is 2.94 bits per heavy atom. The number of aromatic nitrogens is 1. The Morgan fingerprint density at radius 1 is 1.39 bits per heavy atom. The Labute approximate surface area is 113 Å². The zero-order valence-corrected chi connectivity index (χ0v) is 11.8. The van der Waals surface area contributed by atoms with E-state index in [1.165, 1.54) is 16.0 Å². The summed E-state index contributed by atoms with van der Waals surface area (Å²) in [7, 11) is 0. The van der Waals surface area contributed by atoms with E-state index >= 15 is 0 Å². The first-order valence-corrected chi connectivity index (χ1v) is 7.35. The summed E-state index contributed by atoms with van der Waals surface area (Å²) in [6.45, 7) is 5.34. The summed E-state index contributed by atoms with van der Waals surface area (Å²) in [6, 6.07) is 6.92. The van der Waals surface area contributed by atoms with E-state index in [0.717, 1.165) is 19.4 Å². The lowest BCUT2D eigenvalue weighted by molar-refractivity contribution is 0.530. The normalized spacial score (nSPS) is 12.6. The highest BCUT2D eigenvalue weighted by Gasteiger charge is 2.12. The number of hydrogen-bond donors (Lipinski definition) is 1. The summed E-state index contributed by atoms with van der Waals surface area (Å²) in [5, 5.41) is 5.76. The second kappa shape index (κ2) is 6.66. The van der Waals surface area contributed by atoms with Crippen LogP contribution in [0.15, 0.2) is 36.0 Å². The van der Waals surface area contributed by atoms with Crippen LogP contribution in [0.3, 0.4) is 0 Å². The molecule has 18 heavy (non-hydrogen) atoms. The molecule has 0 aromatic carbocycles. The van der Waals surface area contributed by atoms with Gasteiger partial charge in [-0.2, -0.15) is 0 Å². The highest BCUT2D eigenvalue weighted by molar-refractivity contribution is 7.09. The summed E-state index contributed by atoms with van der Waals surface area (Å²) in [6.07, 6.45) is 6.09. The molecule has 0 aliphatic heterocycles. The van der Waals surface area contributed by atoms with Gasteiger partial charge in [0, 0.05) is 29.7 Å². The third-order valence-corrected chi connectivity index (χ3v) is 3.82. The first-order chi connectivity index (χ1) is 8.79. The molecule has 1 N–H and O–H groups in total. The van der Waals surface area contributed by atoms with Crippen LogP contribution in [0.2, 0.25) is 0 Å². The minimum atomic E-state index is 0.371. The number of nitrogens with one attached hydrogen (secondary N) is 1. The molecule has 0 saturated heterocycles. The first-order valence-electron chi connectivity index (χ1n) is 6.47. The van der Waals surface area contributed by atoms with Gasteiger partial charge in [0.05, 0.1) is 0 Å². The third-order valence-electron chi connectivity index (χ3n) is 2.92. The molecule has 0 amide bonds. The Hall–Kier alpha value is -1.19. The van der Waals surface area contributed by atoms with Crippen LogP contribution in [0.4, 0.5) is 0 Å². The van der Waals surface area contributed by atoms with E-state index in [-0.39, 0.29) is 0 Å². The van der Waals surface area contributed by atoms with Crippen LogP contribution in [-0.4, -0.2) is 11.5 Å². The minimum Gasteiger partial charge on any atom is -0.310 e. The van der Waals surface area contributed by atoms with Crippen molar-refractivity contribution in [1.82, 2.24) is 10.3 Å². The van der Waals surface area contributed by atoms with Crippen molar-refractivity contribution < 1.29 is 0 Å². The average molecular weight is 260 g/mol. The Kier molecular flexibility index (Phi) is 4.90. The molecule has 3 heteroatoms. The summed E-state index contributed by atoms with van der Waals surface area (Å²) in [5.41, 5.74) is 2.51. The maximum Gasteiger partial charge on any atom is 0.0384 e. The predicted octanol–water partition coefficient (Wildman–Crippen LogP) is 3.73. The smallest absolute Gasteiger partial charge is 0.0384 e. The topological polar surface area (TPSA) is 24.9 Å². The number of nitrogens with zero attached hydrogens (tertiary/aromatic N) is 1. The highest BCUT2D eigenvalue weighted by atomic mass is 32.1. The second-order valence-electron chi connectivity index (χ2n) is 4.59. The molecule has 2 heterocycles. The molecule has 2 rings (SSSR count). The molecule has 2 aromatic rings. The van der Waals surface area contributed by atoms with Gasteiger partial charge in [0.1, 0.15) is 0 Å². The molecule has 0 aliphatic carbocycles. The van der Waals surface area contributed by atoms with E-state index in [4.69, 9.17) is 0 Å². The van der Waals surface area contributed by atoms with E-state index in [1.807, 2.05) is 23.7 Å². The van der Waals surface area contributed by atoms with Gasteiger partial charge in [-0.3, -0.25) is 4.98 Å². The van der Waals surface area contributed by atoms with Gasteiger partial charge in [-0.15, -0.1) is 11.3 Å². The van der Waals surface area contributed by atoms with Crippen LogP contribution in [0.1, 0.15) is 35.4 Å². The van der Waals surface area contributed by atoms with Gasteiger partial charge in [-0.05, 0) is 42.5 Å². The molecule has 0 aliphatic rings. The van der Waals surface area contributed by atoms with E-state index in [9.17, 15) is 0 Å². The number of rotatable bonds is 6. The van der Waals surface area contributed by atoms with Crippen molar-refractivity contribution in [2.45, 2.75) is 32.7 Å². The molecular formula is C15H20N2S. The van der Waals surface area contributed by atoms with Gasteiger partial charge >= 0.3 is 0 Å². The molecule has 1 unspecified atom stereocenters. The maximum absolute atomic E-state index is 4.31.